The van der Waals surface area contributed by atoms with Crippen LogP contribution in [-0.4, -0.2) is 46.7 Å². The Labute approximate surface area is 140 Å². The van der Waals surface area contributed by atoms with Crippen molar-refractivity contribution in [1.29, 1.82) is 0 Å². The summed E-state index contributed by atoms with van der Waals surface area (Å²) in [6.07, 6.45) is 1.96. The number of piperidine rings is 1. The molecule has 2 atom stereocenters. The Morgan fingerprint density at radius 3 is 2.83 bits per heavy atom. The van der Waals surface area contributed by atoms with E-state index in [0.29, 0.717) is 24.7 Å². The van der Waals surface area contributed by atoms with Gasteiger partial charge in [0.25, 0.3) is 5.91 Å². The van der Waals surface area contributed by atoms with Crippen LogP contribution < -0.4 is 0 Å². The van der Waals surface area contributed by atoms with E-state index in [1.807, 2.05) is 30.0 Å². The summed E-state index contributed by atoms with van der Waals surface area (Å²) < 4.78 is 9.53. The van der Waals surface area contributed by atoms with Gasteiger partial charge in [-0.3, -0.25) is 4.79 Å². The minimum Gasteiger partial charge on any atom is -0.381 e. The lowest BCUT2D eigenvalue weighted by atomic mass is 9.88. The zero-order chi connectivity index (χ0) is 16.2. The number of methoxy groups -OCH3 is 1. The third-order valence-corrected chi connectivity index (χ3v) is 5.08. The van der Waals surface area contributed by atoms with E-state index in [1.54, 1.807) is 7.11 Å². The molecule has 1 amide bonds. The largest absolute Gasteiger partial charge is 0.381 e. The number of aryl methyl sites for hydroxylation is 1. The van der Waals surface area contributed by atoms with E-state index in [1.165, 1.54) is 17.1 Å². The molecule has 0 bridgehead atoms. The molecule has 1 aliphatic heterocycles. The average Bonchev–Trinajstić information content (AvgIpc) is 3.01. The number of benzene rings is 1. The quantitative estimate of drug-likeness (QED) is 0.864. The van der Waals surface area contributed by atoms with Crippen molar-refractivity contribution in [1.82, 2.24) is 14.5 Å². The maximum absolute atomic E-state index is 12.7. The van der Waals surface area contributed by atoms with Gasteiger partial charge in [0, 0.05) is 26.1 Å². The van der Waals surface area contributed by atoms with Gasteiger partial charge in [0.15, 0.2) is 5.69 Å². The van der Waals surface area contributed by atoms with Crippen molar-refractivity contribution in [3.05, 3.63) is 46.5 Å². The van der Waals surface area contributed by atoms with Gasteiger partial charge in [-0.25, -0.2) is 0 Å². The van der Waals surface area contributed by atoms with E-state index in [9.17, 15) is 4.79 Å². The molecule has 0 saturated carbocycles. The maximum atomic E-state index is 12.7. The smallest absolute Gasteiger partial charge is 0.275 e. The Morgan fingerprint density at radius 2 is 2.17 bits per heavy atom. The summed E-state index contributed by atoms with van der Waals surface area (Å²) in [6, 6.07) is 10.4. The number of hydrogen-bond acceptors (Lipinski definition) is 5. The van der Waals surface area contributed by atoms with Crippen molar-refractivity contribution in [3.63, 3.8) is 0 Å². The highest BCUT2D eigenvalue weighted by Crippen LogP contribution is 2.25. The second-order valence-corrected chi connectivity index (χ2v) is 6.90. The van der Waals surface area contributed by atoms with Crippen LogP contribution in [0.1, 0.15) is 27.3 Å². The second kappa shape index (κ2) is 7.19. The zero-order valence-corrected chi connectivity index (χ0v) is 14.3. The Morgan fingerprint density at radius 1 is 1.39 bits per heavy atom. The summed E-state index contributed by atoms with van der Waals surface area (Å²) in [6.45, 7) is 3.30. The summed E-state index contributed by atoms with van der Waals surface area (Å²) >= 11 is 1.27. The first-order valence-corrected chi connectivity index (χ1v) is 8.61. The molecule has 0 unspecified atom stereocenters. The summed E-state index contributed by atoms with van der Waals surface area (Å²) in [5.74, 6) is 0.288. The molecule has 2 aromatic rings. The number of hydrogen-bond donors (Lipinski definition) is 0. The number of amides is 1. The van der Waals surface area contributed by atoms with Crippen LogP contribution in [0.3, 0.4) is 0 Å². The number of nitrogens with zero attached hydrogens (tertiary/aromatic N) is 3. The fourth-order valence-electron chi connectivity index (χ4n) is 3.20. The minimum atomic E-state index is -0.0103. The molecule has 0 radical (unpaired) electrons. The van der Waals surface area contributed by atoms with Gasteiger partial charge in [-0.1, -0.05) is 34.8 Å². The highest BCUT2D eigenvalue weighted by Gasteiger charge is 2.33. The number of ether oxygens (including phenoxy) is 1. The van der Waals surface area contributed by atoms with E-state index in [0.717, 1.165) is 17.7 Å². The average molecular weight is 331 g/mol. The number of carbonyl (C=O) groups is 1. The van der Waals surface area contributed by atoms with E-state index in [4.69, 9.17) is 4.74 Å². The summed E-state index contributed by atoms with van der Waals surface area (Å²) in [5.41, 5.74) is 1.77. The monoisotopic (exact) mass is 331 g/mol. The first kappa shape index (κ1) is 16.1. The molecule has 0 aliphatic carbocycles. The van der Waals surface area contributed by atoms with Crippen molar-refractivity contribution in [2.75, 3.05) is 20.2 Å². The Kier molecular flexibility index (Phi) is 5.03. The fraction of sp³-hybridized carbons (Fsp3) is 0.471. The summed E-state index contributed by atoms with van der Waals surface area (Å²) in [5, 5.41) is 3.99. The van der Waals surface area contributed by atoms with Crippen LogP contribution in [-0.2, 0) is 11.2 Å². The molecule has 23 heavy (non-hydrogen) atoms. The predicted octanol–water partition coefficient (Wildman–Crippen LogP) is 2.57. The lowest BCUT2D eigenvalue weighted by Crippen LogP contribution is -2.47. The molecule has 1 aliphatic rings. The van der Waals surface area contributed by atoms with Gasteiger partial charge in [0.05, 0.1) is 11.0 Å². The Hall–Kier alpha value is -1.79. The Bertz CT molecular complexity index is 659. The Balaban J connectivity index is 1.73. The summed E-state index contributed by atoms with van der Waals surface area (Å²) in [4.78, 5) is 15.4. The number of aromatic nitrogens is 2. The molecule has 5 nitrogen and oxygen atoms in total. The molecule has 6 heteroatoms. The molecule has 2 heterocycles. The summed E-state index contributed by atoms with van der Waals surface area (Å²) in [7, 11) is 1.76. The van der Waals surface area contributed by atoms with Crippen LogP contribution in [0.5, 0.6) is 0 Å². The van der Waals surface area contributed by atoms with E-state index < -0.39 is 0 Å². The predicted molar refractivity (Wildman–Crippen MR) is 89.6 cm³/mol. The molecule has 1 aromatic heterocycles. The van der Waals surface area contributed by atoms with Crippen LogP contribution >= 0.6 is 11.5 Å². The number of carbonyl (C=O) groups excluding carboxylic acids is 1. The van der Waals surface area contributed by atoms with Crippen molar-refractivity contribution in [2.24, 2.45) is 5.92 Å². The van der Waals surface area contributed by atoms with E-state index >= 15 is 0 Å². The molecule has 122 valence electrons. The van der Waals surface area contributed by atoms with Crippen LogP contribution in [0.25, 0.3) is 0 Å². The maximum Gasteiger partial charge on any atom is 0.275 e. The van der Waals surface area contributed by atoms with Gasteiger partial charge in [-0.05, 0) is 36.9 Å². The first-order chi connectivity index (χ1) is 11.2. The molecule has 1 aromatic carbocycles. The first-order valence-electron chi connectivity index (χ1n) is 7.84. The van der Waals surface area contributed by atoms with E-state index in [-0.39, 0.29) is 12.0 Å². The number of rotatable bonds is 4. The molecule has 1 fully saturated rings. The van der Waals surface area contributed by atoms with Crippen molar-refractivity contribution >= 4 is 17.4 Å². The second-order valence-electron chi connectivity index (χ2n) is 5.94. The van der Waals surface area contributed by atoms with Crippen molar-refractivity contribution in [3.8, 4) is 0 Å². The van der Waals surface area contributed by atoms with Crippen LogP contribution in [0.15, 0.2) is 30.3 Å². The van der Waals surface area contributed by atoms with Crippen molar-refractivity contribution < 1.29 is 9.53 Å². The fourth-order valence-corrected chi connectivity index (χ4v) is 3.66. The molecule has 0 spiro atoms. The van der Waals surface area contributed by atoms with Crippen LogP contribution in [0.4, 0.5) is 0 Å². The van der Waals surface area contributed by atoms with Crippen LogP contribution in [0.2, 0.25) is 0 Å². The van der Waals surface area contributed by atoms with E-state index in [2.05, 4.69) is 21.7 Å². The number of likely N-dealkylation sites (tertiary alicyclic amines) is 1. The standard InChI is InChI=1S/C17H21N3O2S/c1-12-16(18-19-23-12)17(21)20-9-8-15(22-2)14(11-20)10-13-6-4-3-5-7-13/h3-7,14-15H,8-11H2,1-2H3/t14-,15-/m1/s1. The molecule has 1 saturated heterocycles. The van der Waals surface area contributed by atoms with Gasteiger partial charge in [-0.2, -0.15) is 0 Å². The normalized spacial score (nSPS) is 21.4. The molecule has 0 N–H and O–H groups in total. The molecular weight excluding hydrogens is 310 g/mol. The topological polar surface area (TPSA) is 55.3 Å². The SMILES string of the molecule is CO[C@@H]1CCN(C(=O)c2nnsc2C)C[C@H]1Cc1ccccc1. The molecule has 3 rings (SSSR count). The highest BCUT2D eigenvalue weighted by atomic mass is 32.1. The van der Waals surface area contributed by atoms with Gasteiger partial charge in [-0.15, -0.1) is 5.10 Å². The van der Waals surface area contributed by atoms with Gasteiger partial charge in [0.1, 0.15) is 0 Å². The van der Waals surface area contributed by atoms with Gasteiger partial charge < -0.3 is 9.64 Å². The zero-order valence-electron chi connectivity index (χ0n) is 13.4. The highest BCUT2D eigenvalue weighted by molar-refractivity contribution is 7.05. The third-order valence-electron chi connectivity index (χ3n) is 4.45. The van der Waals surface area contributed by atoms with Crippen LogP contribution in [0, 0.1) is 12.8 Å². The lowest BCUT2D eigenvalue weighted by molar-refractivity contribution is -0.00319. The third kappa shape index (κ3) is 3.59. The van der Waals surface area contributed by atoms with Crippen molar-refractivity contribution in [2.45, 2.75) is 25.9 Å². The molecular formula is C17H21N3O2S. The van der Waals surface area contributed by atoms with Gasteiger partial charge >= 0.3 is 0 Å². The minimum absolute atomic E-state index is 0.0103. The van der Waals surface area contributed by atoms with Gasteiger partial charge in [0.2, 0.25) is 0 Å². The lowest BCUT2D eigenvalue weighted by Gasteiger charge is -2.37.